The van der Waals surface area contributed by atoms with Gasteiger partial charge in [-0.2, -0.15) is 0 Å². The second-order valence-electron chi connectivity index (χ2n) is 4.26. The Balaban J connectivity index is 2.59. The highest BCUT2D eigenvalue weighted by Crippen LogP contribution is 2.18. The monoisotopic (exact) mass is 266 g/mol. The normalized spacial score (nSPS) is 11.6. The van der Waals surface area contributed by atoms with Crippen molar-refractivity contribution >= 4 is 23.3 Å². The molecule has 7 heteroatoms. The second kappa shape index (κ2) is 6.48. The number of aliphatic carboxylic acids is 1. The number of nitro benzene ring substituents is 1. The van der Waals surface area contributed by atoms with Gasteiger partial charge in [0.2, 0.25) is 5.91 Å². The molecule has 0 heterocycles. The van der Waals surface area contributed by atoms with Crippen molar-refractivity contribution in [2.75, 3.05) is 5.32 Å². The first-order valence-electron chi connectivity index (χ1n) is 5.64. The summed E-state index contributed by atoms with van der Waals surface area (Å²) in [5, 5.41) is 21.6. The minimum Gasteiger partial charge on any atom is -0.481 e. The van der Waals surface area contributed by atoms with Crippen LogP contribution in [0.15, 0.2) is 24.3 Å². The van der Waals surface area contributed by atoms with Gasteiger partial charge >= 0.3 is 5.97 Å². The molecule has 7 nitrogen and oxygen atoms in total. The number of carboxylic acids is 1. The average Bonchev–Trinajstić information content (AvgIpc) is 2.27. The third kappa shape index (κ3) is 5.15. The van der Waals surface area contributed by atoms with Gasteiger partial charge in [0.25, 0.3) is 5.69 Å². The number of nitro groups is 1. The summed E-state index contributed by atoms with van der Waals surface area (Å²) in [5.74, 6) is -1.62. The minimum absolute atomic E-state index is 0.0506. The molecule has 0 unspecified atom stereocenters. The number of carbonyl (C=O) groups is 2. The largest absolute Gasteiger partial charge is 0.481 e. The fourth-order valence-corrected chi connectivity index (χ4v) is 1.60. The Morgan fingerprint density at radius 1 is 1.42 bits per heavy atom. The van der Waals surface area contributed by atoms with E-state index >= 15 is 0 Å². The van der Waals surface area contributed by atoms with Gasteiger partial charge in [0.1, 0.15) is 0 Å². The van der Waals surface area contributed by atoms with Gasteiger partial charge in [0.05, 0.1) is 4.92 Å². The maximum atomic E-state index is 11.6. The molecule has 1 aromatic carbocycles. The summed E-state index contributed by atoms with van der Waals surface area (Å²) in [7, 11) is 0. The molecule has 0 aliphatic rings. The maximum Gasteiger partial charge on any atom is 0.303 e. The van der Waals surface area contributed by atoms with Gasteiger partial charge in [-0.1, -0.05) is 13.0 Å². The lowest BCUT2D eigenvalue weighted by Gasteiger charge is -2.09. The highest BCUT2D eigenvalue weighted by Gasteiger charge is 2.13. The van der Waals surface area contributed by atoms with E-state index in [4.69, 9.17) is 5.11 Å². The second-order valence-corrected chi connectivity index (χ2v) is 4.26. The molecular weight excluding hydrogens is 252 g/mol. The molecule has 0 fully saturated rings. The molecular formula is C12H14N2O5. The molecule has 0 aromatic heterocycles. The number of rotatable bonds is 6. The van der Waals surface area contributed by atoms with E-state index in [0.29, 0.717) is 5.69 Å². The molecule has 0 saturated heterocycles. The Bertz CT molecular complexity index is 501. The summed E-state index contributed by atoms with van der Waals surface area (Å²) >= 11 is 0. The van der Waals surface area contributed by atoms with Crippen LogP contribution in [-0.4, -0.2) is 21.9 Å². The van der Waals surface area contributed by atoms with Crippen molar-refractivity contribution in [3.63, 3.8) is 0 Å². The van der Waals surface area contributed by atoms with Gasteiger partial charge in [-0.05, 0) is 12.0 Å². The zero-order valence-corrected chi connectivity index (χ0v) is 10.3. The van der Waals surface area contributed by atoms with Crippen LogP contribution in [0.3, 0.4) is 0 Å². The predicted octanol–water partition coefficient (Wildman–Crippen LogP) is 2.03. The van der Waals surface area contributed by atoms with E-state index in [1.54, 1.807) is 6.92 Å². The van der Waals surface area contributed by atoms with Crippen molar-refractivity contribution in [3.05, 3.63) is 34.4 Å². The van der Waals surface area contributed by atoms with Crippen LogP contribution in [-0.2, 0) is 9.59 Å². The molecule has 0 bridgehead atoms. The van der Waals surface area contributed by atoms with Gasteiger partial charge in [-0.25, -0.2) is 0 Å². The predicted molar refractivity (Wildman–Crippen MR) is 67.8 cm³/mol. The van der Waals surface area contributed by atoms with Crippen molar-refractivity contribution in [2.24, 2.45) is 5.92 Å². The van der Waals surface area contributed by atoms with Crippen molar-refractivity contribution in [2.45, 2.75) is 19.8 Å². The number of amides is 1. The molecule has 19 heavy (non-hydrogen) atoms. The van der Waals surface area contributed by atoms with Crippen LogP contribution in [0.5, 0.6) is 0 Å². The number of nitrogens with zero attached hydrogens (tertiary/aromatic N) is 1. The first-order chi connectivity index (χ1) is 8.88. The van der Waals surface area contributed by atoms with Crippen LogP contribution < -0.4 is 5.32 Å². The topological polar surface area (TPSA) is 110 Å². The number of hydrogen-bond acceptors (Lipinski definition) is 4. The van der Waals surface area contributed by atoms with Crippen LogP contribution in [0, 0.1) is 16.0 Å². The summed E-state index contributed by atoms with van der Waals surface area (Å²) < 4.78 is 0. The van der Waals surface area contributed by atoms with E-state index < -0.39 is 10.9 Å². The Labute approximate surface area is 109 Å². The summed E-state index contributed by atoms with van der Waals surface area (Å²) in [6, 6.07) is 5.57. The Morgan fingerprint density at radius 3 is 2.68 bits per heavy atom. The number of benzene rings is 1. The Morgan fingerprint density at radius 2 is 2.11 bits per heavy atom. The summed E-state index contributed by atoms with van der Waals surface area (Å²) in [4.78, 5) is 32.1. The molecule has 102 valence electrons. The molecule has 0 radical (unpaired) electrons. The number of carboxylic acid groups (broad SMARTS) is 1. The molecule has 0 spiro atoms. The lowest BCUT2D eigenvalue weighted by Crippen LogP contribution is -2.17. The van der Waals surface area contributed by atoms with E-state index in [1.165, 1.54) is 24.3 Å². The van der Waals surface area contributed by atoms with E-state index in [0.717, 1.165) is 0 Å². The lowest BCUT2D eigenvalue weighted by atomic mass is 10.0. The Kier molecular flexibility index (Phi) is 4.99. The summed E-state index contributed by atoms with van der Waals surface area (Å²) in [5.41, 5.74) is 0.207. The van der Waals surface area contributed by atoms with Crippen LogP contribution in [0.1, 0.15) is 19.8 Å². The van der Waals surface area contributed by atoms with Crippen molar-refractivity contribution in [1.29, 1.82) is 0 Å². The highest BCUT2D eigenvalue weighted by atomic mass is 16.6. The SMILES string of the molecule is C[C@H](CC(=O)O)CC(=O)Nc1cccc([N+](=O)[O-])c1. The van der Waals surface area contributed by atoms with Gasteiger partial charge in [0, 0.05) is 30.7 Å². The summed E-state index contributed by atoms with van der Waals surface area (Å²) in [6.07, 6.45) is -0.0443. The quantitative estimate of drug-likeness (QED) is 0.604. The van der Waals surface area contributed by atoms with E-state index in [2.05, 4.69) is 5.32 Å². The van der Waals surface area contributed by atoms with Crippen LogP contribution in [0.4, 0.5) is 11.4 Å². The van der Waals surface area contributed by atoms with Crippen LogP contribution in [0.2, 0.25) is 0 Å². The molecule has 1 aromatic rings. The number of carbonyl (C=O) groups excluding carboxylic acids is 1. The van der Waals surface area contributed by atoms with Gasteiger partial charge in [-0.3, -0.25) is 19.7 Å². The molecule has 2 N–H and O–H groups in total. The smallest absolute Gasteiger partial charge is 0.303 e. The van der Waals surface area contributed by atoms with Crippen LogP contribution in [0.25, 0.3) is 0 Å². The zero-order chi connectivity index (χ0) is 14.4. The minimum atomic E-state index is -0.962. The van der Waals surface area contributed by atoms with E-state index in [-0.39, 0.29) is 30.4 Å². The third-order valence-electron chi connectivity index (χ3n) is 2.40. The molecule has 0 aliphatic carbocycles. The molecule has 1 amide bonds. The zero-order valence-electron chi connectivity index (χ0n) is 10.3. The number of hydrogen-bond donors (Lipinski definition) is 2. The van der Waals surface area contributed by atoms with Crippen molar-refractivity contribution in [1.82, 2.24) is 0 Å². The third-order valence-corrected chi connectivity index (χ3v) is 2.40. The van der Waals surface area contributed by atoms with Gasteiger partial charge < -0.3 is 10.4 Å². The van der Waals surface area contributed by atoms with E-state index in [9.17, 15) is 19.7 Å². The van der Waals surface area contributed by atoms with Crippen molar-refractivity contribution in [3.8, 4) is 0 Å². The fraction of sp³-hybridized carbons (Fsp3) is 0.333. The first kappa shape index (κ1) is 14.6. The number of anilines is 1. The molecule has 1 rings (SSSR count). The maximum absolute atomic E-state index is 11.6. The van der Waals surface area contributed by atoms with Gasteiger partial charge in [0.15, 0.2) is 0 Å². The number of nitrogens with one attached hydrogen (secondary N) is 1. The molecule has 0 saturated carbocycles. The Hall–Kier alpha value is -2.44. The lowest BCUT2D eigenvalue weighted by molar-refractivity contribution is -0.384. The molecule has 0 aliphatic heterocycles. The number of non-ortho nitro benzene ring substituents is 1. The van der Waals surface area contributed by atoms with Gasteiger partial charge in [-0.15, -0.1) is 0 Å². The van der Waals surface area contributed by atoms with Crippen molar-refractivity contribution < 1.29 is 19.6 Å². The highest BCUT2D eigenvalue weighted by molar-refractivity contribution is 5.91. The van der Waals surface area contributed by atoms with E-state index in [1.807, 2.05) is 0 Å². The molecule has 1 atom stereocenters. The standard InChI is InChI=1S/C12H14N2O5/c1-8(6-12(16)17)5-11(15)13-9-3-2-4-10(7-9)14(18)19/h2-4,7-8H,5-6H2,1H3,(H,13,15)(H,16,17)/t8-/m0/s1. The first-order valence-corrected chi connectivity index (χ1v) is 5.64. The summed E-state index contributed by atoms with van der Waals surface area (Å²) in [6.45, 7) is 1.65. The average molecular weight is 266 g/mol. The van der Waals surface area contributed by atoms with Crippen LogP contribution >= 0.6 is 0 Å². The fourth-order valence-electron chi connectivity index (χ4n) is 1.60.